The predicted octanol–water partition coefficient (Wildman–Crippen LogP) is 2.35. The van der Waals surface area contributed by atoms with E-state index in [1.54, 1.807) is 7.11 Å². The van der Waals surface area contributed by atoms with Gasteiger partial charge in [0, 0.05) is 6.54 Å². The van der Waals surface area contributed by atoms with Gasteiger partial charge < -0.3 is 9.84 Å². The van der Waals surface area contributed by atoms with Gasteiger partial charge in [0.05, 0.1) is 7.11 Å². The van der Waals surface area contributed by atoms with Crippen LogP contribution < -0.4 is 4.74 Å². The summed E-state index contributed by atoms with van der Waals surface area (Å²) in [5, 5.41) is 9.20. The van der Waals surface area contributed by atoms with Gasteiger partial charge in [-0.15, -0.1) is 0 Å². The molecule has 1 N–H and O–H groups in total. The number of rotatable bonds is 5. The molecule has 4 nitrogen and oxygen atoms in total. The van der Waals surface area contributed by atoms with Gasteiger partial charge in [-0.05, 0) is 43.0 Å². The van der Waals surface area contributed by atoms with E-state index in [1.165, 1.54) is 5.56 Å². The highest BCUT2D eigenvalue weighted by molar-refractivity contribution is 5.73. The number of aliphatic carboxylic acids is 1. The van der Waals surface area contributed by atoms with Crippen LogP contribution in [0.1, 0.15) is 31.2 Å². The Balaban J connectivity index is 2.02. The Morgan fingerprint density at radius 1 is 1.47 bits per heavy atom. The number of likely N-dealkylation sites (tertiary alicyclic amines) is 1. The van der Waals surface area contributed by atoms with Crippen molar-refractivity contribution in [3.63, 3.8) is 0 Å². The number of carboxylic acid groups (broad SMARTS) is 1. The van der Waals surface area contributed by atoms with Crippen molar-refractivity contribution < 1.29 is 14.6 Å². The quantitative estimate of drug-likeness (QED) is 0.886. The zero-order valence-corrected chi connectivity index (χ0v) is 11.5. The van der Waals surface area contributed by atoms with Crippen molar-refractivity contribution in [1.82, 2.24) is 4.90 Å². The summed E-state index contributed by atoms with van der Waals surface area (Å²) in [5.41, 5.74) is 1.27. The molecule has 1 aromatic carbocycles. The molecule has 1 fully saturated rings. The Morgan fingerprint density at radius 2 is 2.16 bits per heavy atom. The summed E-state index contributed by atoms with van der Waals surface area (Å²) in [7, 11) is 1.66. The van der Waals surface area contributed by atoms with E-state index >= 15 is 0 Å². The molecule has 2 atom stereocenters. The minimum absolute atomic E-state index is 0.344. The Hall–Kier alpha value is -1.55. The molecule has 1 saturated heterocycles. The van der Waals surface area contributed by atoms with Crippen LogP contribution >= 0.6 is 0 Å². The molecule has 0 aromatic heterocycles. The molecule has 0 aliphatic carbocycles. The number of carbonyl (C=O) groups is 1. The highest BCUT2D eigenvalue weighted by Crippen LogP contribution is 2.30. The second-order valence-electron chi connectivity index (χ2n) is 5.02. The molecule has 0 radical (unpaired) electrons. The molecular formula is C15H21NO3. The summed E-state index contributed by atoms with van der Waals surface area (Å²) in [6, 6.07) is 7.74. The minimum atomic E-state index is -0.710. The van der Waals surface area contributed by atoms with E-state index in [2.05, 4.69) is 17.0 Å². The highest BCUT2D eigenvalue weighted by Gasteiger charge is 2.31. The second-order valence-corrected chi connectivity index (χ2v) is 5.02. The standard InChI is InChI=1S/C15H21NO3/c1-3-14(15(17)18)16-9-8-12(10-16)11-4-6-13(19-2)7-5-11/h4-7,12,14H,3,8-10H2,1-2H3,(H,17,18). The fourth-order valence-corrected chi connectivity index (χ4v) is 2.81. The molecule has 1 aliphatic heterocycles. The summed E-state index contributed by atoms with van der Waals surface area (Å²) in [5.74, 6) is 0.577. The summed E-state index contributed by atoms with van der Waals surface area (Å²) in [6.07, 6.45) is 1.68. The molecule has 0 bridgehead atoms. The molecule has 104 valence electrons. The van der Waals surface area contributed by atoms with Gasteiger partial charge in [-0.2, -0.15) is 0 Å². The fraction of sp³-hybridized carbons (Fsp3) is 0.533. The maximum absolute atomic E-state index is 11.2. The number of nitrogens with zero attached hydrogens (tertiary/aromatic N) is 1. The first-order chi connectivity index (χ1) is 9.15. The maximum Gasteiger partial charge on any atom is 0.320 e. The lowest BCUT2D eigenvalue weighted by Gasteiger charge is -2.23. The smallest absolute Gasteiger partial charge is 0.320 e. The number of benzene rings is 1. The normalized spacial score (nSPS) is 21.3. The summed E-state index contributed by atoms with van der Waals surface area (Å²) in [6.45, 7) is 3.62. The van der Waals surface area contributed by atoms with E-state index in [1.807, 2.05) is 19.1 Å². The van der Waals surface area contributed by atoms with Crippen molar-refractivity contribution in [2.45, 2.75) is 31.7 Å². The van der Waals surface area contributed by atoms with Crippen molar-refractivity contribution >= 4 is 5.97 Å². The molecule has 1 aliphatic rings. The predicted molar refractivity (Wildman–Crippen MR) is 73.6 cm³/mol. The average Bonchev–Trinajstić information content (AvgIpc) is 2.89. The largest absolute Gasteiger partial charge is 0.497 e. The molecule has 0 spiro atoms. The van der Waals surface area contributed by atoms with Gasteiger partial charge in [0.1, 0.15) is 11.8 Å². The third kappa shape index (κ3) is 3.07. The number of hydrogen-bond acceptors (Lipinski definition) is 3. The van der Waals surface area contributed by atoms with Crippen molar-refractivity contribution in [2.24, 2.45) is 0 Å². The third-order valence-electron chi connectivity index (χ3n) is 3.92. The van der Waals surface area contributed by atoms with E-state index in [0.717, 1.165) is 25.3 Å². The molecular weight excluding hydrogens is 242 g/mol. The lowest BCUT2D eigenvalue weighted by molar-refractivity contribution is -0.143. The van der Waals surface area contributed by atoms with Gasteiger partial charge >= 0.3 is 5.97 Å². The van der Waals surface area contributed by atoms with Gasteiger partial charge in [0.2, 0.25) is 0 Å². The van der Waals surface area contributed by atoms with Crippen LogP contribution in [0.5, 0.6) is 5.75 Å². The molecule has 19 heavy (non-hydrogen) atoms. The van der Waals surface area contributed by atoms with E-state index in [-0.39, 0.29) is 6.04 Å². The van der Waals surface area contributed by atoms with Crippen LogP contribution in [0, 0.1) is 0 Å². The van der Waals surface area contributed by atoms with Crippen LogP contribution in [0.15, 0.2) is 24.3 Å². The van der Waals surface area contributed by atoms with Crippen LogP contribution in [0.2, 0.25) is 0 Å². The summed E-state index contributed by atoms with van der Waals surface area (Å²) >= 11 is 0. The summed E-state index contributed by atoms with van der Waals surface area (Å²) < 4.78 is 5.15. The topological polar surface area (TPSA) is 49.8 Å². The highest BCUT2D eigenvalue weighted by atomic mass is 16.5. The van der Waals surface area contributed by atoms with Gasteiger partial charge in [0.15, 0.2) is 0 Å². The Kier molecular flexibility index (Phi) is 4.43. The molecule has 0 amide bonds. The maximum atomic E-state index is 11.2. The van der Waals surface area contributed by atoms with E-state index in [0.29, 0.717) is 12.3 Å². The zero-order valence-electron chi connectivity index (χ0n) is 11.5. The summed E-state index contributed by atoms with van der Waals surface area (Å²) in [4.78, 5) is 13.3. The van der Waals surface area contributed by atoms with Crippen LogP contribution in [0.25, 0.3) is 0 Å². The lowest BCUT2D eigenvalue weighted by atomic mass is 9.98. The van der Waals surface area contributed by atoms with Gasteiger partial charge in [-0.3, -0.25) is 9.69 Å². The Labute approximate surface area is 114 Å². The van der Waals surface area contributed by atoms with Crippen molar-refractivity contribution in [2.75, 3.05) is 20.2 Å². The van der Waals surface area contributed by atoms with Crippen LogP contribution in [0.4, 0.5) is 0 Å². The minimum Gasteiger partial charge on any atom is -0.497 e. The fourth-order valence-electron chi connectivity index (χ4n) is 2.81. The average molecular weight is 263 g/mol. The third-order valence-corrected chi connectivity index (χ3v) is 3.92. The number of hydrogen-bond donors (Lipinski definition) is 1. The molecule has 0 saturated carbocycles. The van der Waals surface area contributed by atoms with Gasteiger partial charge in [-0.25, -0.2) is 0 Å². The molecule has 1 aromatic rings. The van der Waals surface area contributed by atoms with Crippen LogP contribution in [-0.2, 0) is 4.79 Å². The molecule has 1 heterocycles. The first-order valence-corrected chi connectivity index (χ1v) is 6.76. The second kappa shape index (κ2) is 6.06. The first-order valence-electron chi connectivity index (χ1n) is 6.76. The molecule has 2 rings (SSSR count). The Bertz CT molecular complexity index is 430. The van der Waals surface area contributed by atoms with Gasteiger partial charge in [0.25, 0.3) is 0 Å². The van der Waals surface area contributed by atoms with E-state index in [4.69, 9.17) is 4.74 Å². The zero-order chi connectivity index (χ0) is 13.8. The SMILES string of the molecule is CCC(C(=O)O)N1CCC(c2ccc(OC)cc2)C1. The van der Waals surface area contributed by atoms with Gasteiger partial charge in [-0.1, -0.05) is 19.1 Å². The van der Waals surface area contributed by atoms with Crippen LogP contribution in [-0.4, -0.2) is 42.2 Å². The van der Waals surface area contributed by atoms with Crippen molar-refractivity contribution in [1.29, 1.82) is 0 Å². The van der Waals surface area contributed by atoms with Crippen molar-refractivity contribution in [3.8, 4) is 5.75 Å². The van der Waals surface area contributed by atoms with E-state index in [9.17, 15) is 9.90 Å². The monoisotopic (exact) mass is 263 g/mol. The molecule has 2 unspecified atom stereocenters. The molecule has 4 heteroatoms. The Morgan fingerprint density at radius 3 is 2.68 bits per heavy atom. The number of methoxy groups -OCH3 is 1. The number of carboxylic acids is 1. The van der Waals surface area contributed by atoms with Crippen LogP contribution in [0.3, 0.4) is 0 Å². The van der Waals surface area contributed by atoms with E-state index < -0.39 is 5.97 Å². The first kappa shape index (κ1) is 13.9. The van der Waals surface area contributed by atoms with Crippen molar-refractivity contribution in [3.05, 3.63) is 29.8 Å². The number of ether oxygens (including phenoxy) is 1. The lowest BCUT2D eigenvalue weighted by Crippen LogP contribution is -2.39.